The van der Waals surface area contributed by atoms with Crippen molar-refractivity contribution in [2.24, 2.45) is 0 Å². The van der Waals surface area contributed by atoms with Crippen molar-refractivity contribution in [3.63, 3.8) is 0 Å². The van der Waals surface area contributed by atoms with Crippen LogP contribution < -0.4 is 21.1 Å². The highest BCUT2D eigenvalue weighted by Gasteiger charge is 2.12. The Balaban J connectivity index is 1.53. The van der Waals surface area contributed by atoms with Gasteiger partial charge in [0, 0.05) is 18.8 Å². The number of hydrogen-bond donors (Lipinski definition) is 3. The fourth-order valence-corrected chi connectivity index (χ4v) is 3.55. The predicted octanol–water partition coefficient (Wildman–Crippen LogP) is 4.93. The molecule has 7 heteroatoms. The number of nitrogens with zero attached hydrogens (tertiary/aromatic N) is 1. The minimum atomic E-state index is -0.236. The SMILES string of the molecule is CCCCCNC(=O)Nc1ccccc1OCCCn1c(C)c(-c2ccccc2)[nH]c1=O. The van der Waals surface area contributed by atoms with Gasteiger partial charge in [-0.3, -0.25) is 4.57 Å². The molecule has 0 saturated heterocycles. The Bertz CT molecular complexity index is 1060. The lowest BCUT2D eigenvalue weighted by molar-refractivity contribution is 0.251. The number of imidazole rings is 1. The summed E-state index contributed by atoms with van der Waals surface area (Å²) in [6.07, 6.45) is 3.83. The number of aromatic nitrogens is 2. The maximum Gasteiger partial charge on any atom is 0.326 e. The molecule has 0 aliphatic rings. The zero-order valence-corrected chi connectivity index (χ0v) is 18.8. The Morgan fingerprint density at radius 1 is 1.03 bits per heavy atom. The smallest absolute Gasteiger partial charge is 0.326 e. The van der Waals surface area contributed by atoms with E-state index in [1.165, 1.54) is 0 Å². The number of urea groups is 1. The van der Waals surface area contributed by atoms with Crippen LogP contribution in [0.1, 0.15) is 38.3 Å². The lowest BCUT2D eigenvalue weighted by Crippen LogP contribution is -2.29. The number of anilines is 1. The third-order valence-electron chi connectivity index (χ3n) is 5.29. The van der Waals surface area contributed by atoms with E-state index in [2.05, 4.69) is 22.5 Å². The fraction of sp³-hybridized carbons (Fsp3) is 0.360. The van der Waals surface area contributed by atoms with Crippen LogP contribution in [0.5, 0.6) is 5.75 Å². The first-order valence-electron chi connectivity index (χ1n) is 11.2. The summed E-state index contributed by atoms with van der Waals surface area (Å²) >= 11 is 0. The molecule has 1 heterocycles. The van der Waals surface area contributed by atoms with E-state index >= 15 is 0 Å². The van der Waals surface area contributed by atoms with Crippen molar-refractivity contribution in [3.05, 3.63) is 70.8 Å². The Labute approximate surface area is 188 Å². The minimum absolute atomic E-state index is 0.122. The molecular weight excluding hydrogens is 404 g/mol. The maximum atomic E-state index is 12.4. The summed E-state index contributed by atoms with van der Waals surface area (Å²) in [6.45, 7) is 5.69. The third-order valence-corrected chi connectivity index (χ3v) is 5.29. The summed E-state index contributed by atoms with van der Waals surface area (Å²) in [6, 6.07) is 17.0. The number of benzene rings is 2. The monoisotopic (exact) mass is 436 g/mol. The van der Waals surface area contributed by atoms with Gasteiger partial charge in [-0.1, -0.05) is 62.2 Å². The fourth-order valence-electron chi connectivity index (χ4n) is 3.55. The first-order valence-corrected chi connectivity index (χ1v) is 11.2. The van der Waals surface area contributed by atoms with Gasteiger partial charge in [-0.25, -0.2) is 9.59 Å². The Hall–Kier alpha value is -3.48. The molecule has 2 aromatic carbocycles. The van der Waals surface area contributed by atoms with Crippen molar-refractivity contribution in [3.8, 4) is 17.0 Å². The summed E-state index contributed by atoms with van der Waals surface area (Å²) in [7, 11) is 0. The first-order chi connectivity index (χ1) is 15.6. The molecule has 3 aromatic rings. The van der Waals surface area contributed by atoms with Gasteiger partial charge in [-0.05, 0) is 37.5 Å². The Kier molecular flexibility index (Phi) is 8.54. The van der Waals surface area contributed by atoms with Crippen molar-refractivity contribution in [2.75, 3.05) is 18.5 Å². The normalized spacial score (nSPS) is 10.7. The van der Waals surface area contributed by atoms with Crippen LogP contribution in [-0.2, 0) is 6.54 Å². The molecule has 170 valence electrons. The number of ether oxygens (including phenoxy) is 1. The summed E-state index contributed by atoms with van der Waals surface area (Å²) in [5, 5.41) is 5.71. The third kappa shape index (κ3) is 6.26. The molecule has 0 radical (unpaired) electrons. The van der Waals surface area contributed by atoms with Gasteiger partial charge in [0.1, 0.15) is 5.75 Å². The van der Waals surface area contributed by atoms with Gasteiger partial charge in [0.05, 0.1) is 18.0 Å². The van der Waals surface area contributed by atoms with Crippen LogP contribution in [-0.4, -0.2) is 28.7 Å². The van der Waals surface area contributed by atoms with E-state index in [0.29, 0.717) is 37.6 Å². The lowest BCUT2D eigenvalue weighted by atomic mass is 10.1. The van der Waals surface area contributed by atoms with Gasteiger partial charge in [0.2, 0.25) is 0 Å². The predicted molar refractivity (Wildman–Crippen MR) is 128 cm³/mol. The van der Waals surface area contributed by atoms with Crippen molar-refractivity contribution in [1.29, 1.82) is 0 Å². The number of carbonyl (C=O) groups excluding carboxylic acids is 1. The van der Waals surface area contributed by atoms with Crippen LogP contribution in [0.2, 0.25) is 0 Å². The summed E-state index contributed by atoms with van der Waals surface area (Å²) < 4.78 is 7.64. The molecule has 0 aliphatic heterocycles. The number of aromatic amines is 1. The van der Waals surface area contributed by atoms with E-state index in [9.17, 15) is 9.59 Å². The zero-order valence-electron chi connectivity index (χ0n) is 18.8. The summed E-state index contributed by atoms with van der Waals surface area (Å²) in [4.78, 5) is 27.5. The maximum absolute atomic E-state index is 12.4. The second-order valence-electron chi connectivity index (χ2n) is 7.69. The standard InChI is InChI=1S/C25H32N4O3/c1-3-4-10-16-26-24(30)27-21-14-8-9-15-22(21)32-18-11-17-29-19(2)23(28-25(29)31)20-12-6-5-7-13-20/h5-9,12-15H,3-4,10-11,16-18H2,1-2H3,(H,28,31)(H2,26,27,30). The van der Waals surface area contributed by atoms with E-state index in [1.54, 1.807) is 4.57 Å². The molecule has 1 aromatic heterocycles. The van der Waals surface area contributed by atoms with Gasteiger partial charge in [0.15, 0.2) is 0 Å². The minimum Gasteiger partial charge on any atom is -0.491 e. The molecular formula is C25H32N4O3. The van der Waals surface area contributed by atoms with Gasteiger partial charge >= 0.3 is 11.7 Å². The number of amides is 2. The largest absolute Gasteiger partial charge is 0.491 e. The van der Waals surface area contributed by atoms with Crippen molar-refractivity contribution >= 4 is 11.7 Å². The van der Waals surface area contributed by atoms with Crippen molar-refractivity contribution < 1.29 is 9.53 Å². The molecule has 0 fully saturated rings. The number of para-hydroxylation sites is 2. The van der Waals surface area contributed by atoms with E-state index < -0.39 is 0 Å². The number of rotatable bonds is 11. The summed E-state index contributed by atoms with van der Waals surface area (Å²) in [5.41, 5.74) is 3.24. The zero-order chi connectivity index (χ0) is 22.8. The first kappa shape index (κ1) is 23.2. The molecule has 0 bridgehead atoms. The highest BCUT2D eigenvalue weighted by molar-refractivity contribution is 5.90. The Morgan fingerprint density at radius 2 is 1.78 bits per heavy atom. The van der Waals surface area contributed by atoms with Crippen LogP contribution in [0.15, 0.2) is 59.4 Å². The van der Waals surface area contributed by atoms with Gasteiger partial charge < -0.3 is 20.4 Å². The van der Waals surface area contributed by atoms with Crippen LogP contribution in [0.25, 0.3) is 11.3 Å². The average Bonchev–Trinajstić information content (AvgIpc) is 3.09. The van der Waals surface area contributed by atoms with E-state index in [1.807, 2.05) is 61.5 Å². The topological polar surface area (TPSA) is 88.2 Å². The molecule has 3 N–H and O–H groups in total. The number of H-pyrrole nitrogens is 1. The molecule has 32 heavy (non-hydrogen) atoms. The lowest BCUT2D eigenvalue weighted by Gasteiger charge is -2.13. The average molecular weight is 437 g/mol. The van der Waals surface area contributed by atoms with Gasteiger partial charge in [-0.2, -0.15) is 0 Å². The van der Waals surface area contributed by atoms with E-state index in [-0.39, 0.29) is 11.7 Å². The van der Waals surface area contributed by atoms with Gasteiger partial charge in [0.25, 0.3) is 0 Å². The van der Waals surface area contributed by atoms with Crippen LogP contribution >= 0.6 is 0 Å². The molecule has 0 saturated carbocycles. The molecule has 7 nitrogen and oxygen atoms in total. The second kappa shape index (κ2) is 11.8. The number of nitrogens with one attached hydrogen (secondary N) is 3. The van der Waals surface area contributed by atoms with Crippen LogP contribution in [0.4, 0.5) is 10.5 Å². The van der Waals surface area contributed by atoms with Crippen LogP contribution in [0, 0.1) is 6.92 Å². The highest BCUT2D eigenvalue weighted by atomic mass is 16.5. The highest BCUT2D eigenvalue weighted by Crippen LogP contribution is 2.24. The Morgan fingerprint density at radius 3 is 2.56 bits per heavy atom. The molecule has 0 aliphatic carbocycles. The molecule has 3 rings (SSSR count). The molecule has 0 atom stereocenters. The summed E-state index contributed by atoms with van der Waals surface area (Å²) in [5.74, 6) is 0.610. The number of carbonyl (C=O) groups is 1. The number of unbranched alkanes of at least 4 members (excludes halogenated alkanes) is 2. The molecule has 0 spiro atoms. The van der Waals surface area contributed by atoms with Crippen molar-refractivity contribution in [2.45, 2.75) is 46.1 Å². The second-order valence-corrected chi connectivity index (χ2v) is 7.69. The molecule has 2 amide bonds. The van der Waals surface area contributed by atoms with E-state index in [4.69, 9.17) is 4.74 Å². The molecule has 0 unspecified atom stereocenters. The van der Waals surface area contributed by atoms with Crippen LogP contribution in [0.3, 0.4) is 0 Å². The van der Waals surface area contributed by atoms with Gasteiger partial charge in [-0.15, -0.1) is 0 Å². The quantitative estimate of drug-likeness (QED) is 0.372. The van der Waals surface area contributed by atoms with Crippen molar-refractivity contribution in [1.82, 2.24) is 14.9 Å². The van der Waals surface area contributed by atoms with E-state index in [0.717, 1.165) is 36.2 Å². The number of hydrogen-bond acceptors (Lipinski definition) is 3.